The molecule has 1 aliphatic carbocycles. The summed E-state index contributed by atoms with van der Waals surface area (Å²) < 4.78 is 0. The van der Waals surface area contributed by atoms with Crippen LogP contribution in [0.4, 0.5) is 5.82 Å². The molecule has 3 rings (SSSR count). The number of hydrogen-bond donors (Lipinski definition) is 2. The number of fused-ring (bicyclic) bond motifs is 1. The second-order valence-corrected chi connectivity index (χ2v) is 5.97. The van der Waals surface area contributed by atoms with Gasteiger partial charge in [-0.2, -0.15) is 0 Å². The summed E-state index contributed by atoms with van der Waals surface area (Å²) in [6, 6.07) is 9.63. The molecule has 4 heteroatoms. The zero-order chi connectivity index (χ0) is 14.9. The molecule has 1 aromatic heterocycles. The number of hydrogen-bond acceptors (Lipinski definition) is 3. The topological polar surface area (TPSA) is 54.0 Å². The molecule has 1 aromatic carbocycles. The molecule has 1 heterocycles. The lowest BCUT2D eigenvalue weighted by Gasteiger charge is -2.39. The highest BCUT2D eigenvalue weighted by atomic mass is 16.1. The highest BCUT2D eigenvalue weighted by molar-refractivity contribution is 6.07. The number of nitrogens with zero attached hydrogens (tertiary/aromatic N) is 1. The van der Waals surface area contributed by atoms with E-state index in [2.05, 4.69) is 22.5 Å². The standard InChI is InChI=1S/C17H21N3O/c1-3-18-15-11-13(12-7-4-5-8-14(12)19-15)16(21)20-17(2)9-6-10-17/h4-5,7-8,11H,3,6,9-10H2,1-2H3,(H,18,19)(H,20,21). The van der Waals surface area contributed by atoms with Gasteiger partial charge in [0, 0.05) is 17.5 Å². The number of aromatic nitrogens is 1. The van der Waals surface area contributed by atoms with Crippen molar-refractivity contribution in [3.8, 4) is 0 Å². The molecule has 4 nitrogen and oxygen atoms in total. The van der Waals surface area contributed by atoms with Crippen molar-refractivity contribution in [3.63, 3.8) is 0 Å². The SMILES string of the molecule is CCNc1cc(C(=O)NC2(C)CCC2)c2ccccc2n1. The Hall–Kier alpha value is -2.10. The first-order valence-corrected chi connectivity index (χ1v) is 7.57. The molecule has 2 aromatic rings. The number of pyridine rings is 1. The average Bonchev–Trinajstić information content (AvgIpc) is 2.45. The van der Waals surface area contributed by atoms with Crippen LogP contribution in [0.2, 0.25) is 0 Å². The van der Waals surface area contributed by atoms with Crippen molar-refractivity contribution in [1.29, 1.82) is 0 Å². The number of anilines is 1. The van der Waals surface area contributed by atoms with Crippen molar-refractivity contribution in [1.82, 2.24) is 10.3 Å². The summed E-state index contributed by atoms with van der Waals surface area (Å²) in [5.41, 5.74) is 1.50. The quantitative estimate of drug-likeness (QED) is 0.905. The Morgan fingerprint density at radius 2 is 2.10 bits per heavy atom. The molecular weight excluding hydrogens is 262 g/mol. The highest BCUT2D eigenvalue weighted by Gasteiger charge is 2.33. The van der Waals surface area contributed by atoms with E-state index in [-0.39, 0.29) is 11.4 Å². The maximum absolute atomic E-state index is 12.7. The summed E-state index contributed by atoms with van der Waals surface area (Å²) in [6.45, 7) is 4.92. The number of amides is 1. The van der Waals surface area contributed by atoms with Crippen molar-refractivity contribution in [2.45, 2.75) is 38.6 Å². The predicted octanol–water partition coefficient (Wildman–Crippen LogP) is 3.34. The van der Waals surface area contributed by atoms with Crippen molar-refractivity contribution < 1.29 is 4.79 Å². The fourth-order valence-electron chi connectivity index (χ4n) is 2.81. The normalized spacial score (nSPS) is 16.3. The van der Waals surface area contributed by atoms with Crippen LogP contribution in [0.1, 0.15) is 43.5 Å². The molecule has 0 spiro atoms. The van der Waals surface area contributed by atoms with Gasteiger partial charge in [0.2, 0.25) is 0 Å². The van der Waals surface area contributed by atoms with Gasteiger partial charge in [-0.05, 0) is 45.2 Å². The zero-order valence-corrected chi connectivity index (χ0v) is 12.6. The van der Waals surface area contributed by atoms with E-state index < -0.39 is 0 Å². The van der Waals surface area contributed by atoms with Crippen molar-refractivity contribution in [3.05, 3.63) is 35.9 Å². The number of rotatable bonds is 4. The zero-order valence-electron chi connectivity index (χ0n) is 12.6. The molecule has 0 atom stereocenters. The van der Waals surface area contributed by atoms with Gasteiger partial charge in [-0.15, -0.1) is 0 Å². The van der Waals surface area contributed by atoms with Crippen molar-refractivity contribution >= 4 is 22.6 Å². The number of nitrogens with one attached hydrogen (secondary N) is 2. The first kappa shape index (κ1) is 13.9. The van der Waals surface area contributed by atoms with Crippen molar-refractivity contribution in [2.24, 2.45) is 0 Å². The fraction of sp³-hybridized carbons (Fsp3) is 0.412. The molecule has 1 aliphatic rings. The maximum Gasteiger partial charge on any atom is 0.252 e. The minimum atomic E-state index is -0.0419. The Morgan fingerprint density at radius 1 is 1.33 bits per heavy atom. The van der Waals surface area contributed by atoms with E-state index in [1.807, 2.05) is 37.3 Å². The lowest BCUT2D eigenvalue weighted by molar-refractivity contribution is 0.0852. The third kappa shape index (κ3) is 2.71. The monoisotopic (exact) mass is 283 g/mol. The molecule has 0 aliphatic heterocycles. The maximum atomic E-state index is 12.7. The van der Waals surface area contributed by atoms with Crippen molar-refractivity contribution in [2.75, 3.05) is 11.9 Å². The second-order valence-electron chi connectivity index (χ2n) is 5.97. The van der Waals surface area contributed by atoms with E-state index in [0.717, 1.165) is 36.1 Å². The molecule has 2 N–H and O–H groups in total. The molecule has 1 fully saturated rings. The number of benzene rings is 1. The third-order valence-electron chi connectivity index (χ3n) is 4.19. The Labute approximate surface area is 125 Å². The van der Waals surface area contributed by atoms with Crippen LogP contribution >= 0.6 is 0 Å². The van der Waals surface area contributed by atoms with Gasteiger partial charge in [0.1, 0.15) is 5.82 Å². The van der Waals surface area contributed by atoms with E-state index in [4.69, 9.17) is 0 Å². The first-order valence-electron chi connectivity index (χ1n) is 7.57. The molecule has 0 bridgehead atoms. The Bertz CT molecular complexity index is 677. The summed E-state index contributed by atoms with van der Waals surface area (Å²) in [6.07, 6.45) is 3.31. The summed E-state index contributed by atoms with van der Waals surface area (Å²) in [4.78, 5) is 17.2. The van der Waals surface area contributed by atoms with Gasteiger partial charge in [-0.25, -0.2) is 4.98 Å². The number of carbonyl (C=O) groups is 1. The lowest BCUT2D eigenvalue weighted by Crippen LogP contribution is -2.51. The van der Waals surface area contributed by atoms with E-state index in [1.54, 1.807) is 0 Å². The van der Waals surface area contributed by atoms with E-state index >= 15 is 0 Å². The molecule has 1 amide bonds. The fourth-order valence-corrected chi connectivity index (χ4v) is 2.81. The summed E-state index contributed by atoms with van der Waals surface area (Å²) in [7, 11) is 0. The van der Waals surface area contributed by atoms with E-state index in [1.165, 1.54) is 6.42 Å². The minimum absolute atomic E-state index is 0.00467. The number of carbonyl (C=O) groups excluding carboxylic acids is 1. The molecular formula is C17H21N3O. The van der Waals surface area contributed by atoms with Crippen LogP contribution in [0.25, 0.3) is 10.9 Å². The van der Waals surface area contributed by atoms with Gasteiger partial charge in [-0.1, -0.05) is 18.2 Å². The lowest BCUT2D eigenvalue weighted by atomic mass is 9.78. The van der Waals surface area contributed by atoms with Crippen LogP contribution in [-0.2, 0) is 0 Å². The van der Waals surface area contributed by atoms with Crippen LogP contribution in [0.3, 0.4) is 0 Å². The molecule has 21 heavy (non-hydrogen) atoms. The first-order chi connectivity index (χ1) is 10.1. The minimum Gasteiger partial charge on any atom is -0.370 e. The molecule has 0 saturated heterocycles. The summed E-state index contributed by atoms with van der Waals surface area (Å²) in [5, 5.41) is 7.27. The second kappa shape index (κ2) is 5.35. The Kier molecular flexibility index (Phi) is 3.53. The summed E-state index contributed by atoms with van der Waals surface area (Å²) in [5.74, 6) is 0.745. The average molecular weight is 283 g/mol. The van der Waals surface area contributed by atoms with Gasteiger partial charge < -0.3 is 10.6 Å². The largest absolute Gasteiger partial charge is 0.370 e. The Morgan fingerprint density at radius 3 is 2.76 bits per heavy atom. The van der Waals surface area contributed by atoms with Crippen LogP contribution in [0, 0.1) is 0 Å². The van der Waals surface area contributed by atoms with Gasteiger partial charge in [-0.3, -0.25) is 4.79 Å². The van der Waals surface area contributed by atoms with Gasteiger partial charge in [0.25, 0.3) is 5.91 Å². The molecule has 1 saturated carbocycles. The van der Waals surface area contributed by atoms with Gasteiger partial charge in [0.05, 0.1) is 11.1 Å². The van der Waals surface area contributed by atoms with Crippen LogP contribution < -0.4 is 10.6 Å². The van der Waals surface area contributed by atoms with E-state index in [9.17, 15) is 4.79 Å². The van der Waals surface area contributed by atoms with Crippen LogP contribution in [-0.4, -0.2) is 23.0 Å². The smallest absolute Gasteiger partial charge is 0.252 e. The molecule has 0 radical (unpaired) electrons. The van der Waals surface area contributed by atoms with Crippen LogP contribution in [0.15, 0.2) is 30.3 Å². The molecule has 0 unspecified atom stereocenters. The summed E-state index contributed by atoms with van der Waals surface area (Å²) >= 11 is 0. The molecule has 110 valence electrons. The highest BCUT2D eigenvalue weighted by Crippen LogP contribution is 2.32. The van der Waals surface area contributed by atoms with Gasteiger partial charge >= 0.3 is 0 Å². The predicted molar refractivity (Wildman–Crippen MR) is 85.6 cm³/mol. The third-order valence-corrected chi connectivity index (χ3v) is 4.19. The van der Waals surface area contributed by atoms with E-state index in [0.29, 0.717) is 5.56 Å². The Balaban J connectivity index is 2.00. The van der Waals surface area contributed by atoms with Gasteiger partial charge in [0.15, 0.2) is 0 Å². The van der Waals surface area contributed by atoms with Crippen LogP contribution in [0.5, 0.6) is 0 Å². The number of para-hydroxylation sites is 1.